The molecule has 0 bridgehead atoms. The van der Waals surface area contributed by atoms with Crippen LogP contribution in [0, 0.1) is 0 Å². The van der Waals surface area contributed by atoms with Crippen molar-refractivity contribution in [3.8, 4) is 11.3 Å². The van der Waals surface area contributed by atoms with Gasteiger partial charge in [-0.05, 0) is 25.5 Å². The number of nitrogens with one attached hydrogen (secondary N) is 1. The van der Waals surface area contributed by atoms with Gasteiger partial charge in [-0.2, -0.15) is 0 Å². The van der Waals surface area contributed by atoms with Gasteiger partial charge in [0.2, 0.25) is 0 Å². The molecule has 0 radical (unpaired) electrons. The first-order valence-corrected chi connectivity index (χ1v) is 6.53. The molecule has 86 valence electrons. The zero-order valence-corrected chi connectivity index (χ0v) is 10.4. The Kier molecular flexibility index (Phi) is 3.98. The highest BCUT2D eigenvalue weighted by Crippen LogP contribution is 2.27. The molecule has 5 heteroatoms. The van der Waals surface area contributed by atoms with E-state index in [0.29, 0.717) is 0 Å². The molecule has 0 unspecified atom stereocenters. The van der Waals surface area contributed by atoms with Gasteiger partial charge in [-0.25, -0.2) is 4.98 Å². The largest absolute Gasteiger partial charge is 0.342 e. The number of nitrogens with zero attached hydrogens (tertiary/aromatic N) is 1. The number of H-pyrrole nitrogens is 1. The number of hydrogen-bond donors (Lipinski definition) is 2. The molecule has 2 aromatic heterocycles. The summed E-state index contributed by atoms with van der Waals surface area (Å²) in [6, 6.07) is 1.95. The van der Waals surface area contributed by atoms with Crippen LogP contribution >= 0.6 is 22.9 Å². The number of nitrogens with two attached hydrogens (primary N) is 1. The molecular formula is C11H14ClN3S. The number of aryl methyl sites for hydroxylation is 1. The van der Waals surface area contributed by atoms with E-state index in [9.17, 15) is 0 Å². The molecule has 0 fully saturated rings. The van der Waals surface area contributed by atoms with Crippen LogP contribution in [0.4, 0.5) is 0 Å². The number of unbranched alkanes of at least 4 members (excludes halogenated alkanes) is 1. The molecule has 3 N–H and O–H groups in total. The van der Waals surface area contributed by atoms with Gasteiger partial charge >= 0.3 is 0 Å². The lowest BCUT2D eigenvalue weighted by Gasteiger charge is -1.95. The Hall–Kier alpha value is -0.840. The molecule has 0 aliphatic rings. The minimum atomic E-state index is 0.744. The molecule has 0 spiro atoms. The highest BCUT2D eigenvalue weighted by Gasteiger charge is 2.05. The van der Waals surface area contributed by atoms with Crippen molar-refractivity contribution in [1.82, 2.24) is 9.97 Å². The maximum atomic E-state index is 5.89. The van der Waals surface area contributed by atoms with Crippen LogP contribution in [0.5, 0.6) is 0 Å². The number of imidazole rings is 1. The predicted octanol–water partition coefficient (Wildman–Crippen LogP) is 3.07. The minimum Gasteiger partial charge on any atom is -0.342 e. The molecule has 0 aliphatic heterocycles. The van der Waals surface area contributed by atoms with E-state index >= 15 is 0 Å². The van der Waals surface area contributed by atoms with Gasteiger partial charge in [0, 0.05) is 17.4 Å². The highest BCUT2D eigenvalue weighted by atomic mass is 35.5. The van der Waals surface area contributed by atoms with Crippen molar-refractivity contribution in [3.05, 3.63) is 27.8 Å². The lowest BCUT2D eigenvalue weighted by Crippen LogP contribution is -1.99. The average Bonchev–Trinajstić information content (AvgIpc) is 2.87. The van der Waals surface area contributed by atoms with Gasteiger partial charge in [0.25, 0.3) is 0 Å². The van der Waals surface area contributed by atoms with Gasteiger partial charge in [-0.1, -0.05) is 11.6 Å². The van der Waals surface area contributed by atoms with E-state index in [4.69, 9.17) is 17.3 Å². The fraction of sp³-hybridized carbons (Fsp3) is 0.364. The van der Waals surface area contributed by atoms with Gasteiger partial charge in [0.1, 0.15) is 5.82 Å². The third kappa shape index (κ3) is 2.84. The molecule has 2 heterocycles. The number of thiophene rings is 1. The molecule has 0 aliphatic carbocycles. The number of rotatable bonds is 5. The summed E-state index contributed by atoms with van der Waals surface area (Å²) < 4.78 is 0.800. The molecule has 0 aromatic carbocycles. The van der Waals surface area contributed by atoms with E-state index in [2.05, 4.69) is 9.97 Å². The zero-order valence-electron chi connectivity index (χ0n) is 8.87. The smallest absolute Gasteiger partial charge is 0.106 e. The Morgan fingerprint density at radius 2 is 2.31 bits per heavy atom. The molecule has 2 rings (SSSR count). The van der Waals surface area contributed by atoms with Crippen LogP contribution in [0.2, 0.25) is 4.34 Å². The lowest BCUT2D eigenvalue weighted by atomic mass is 10.2. The van der Waals surface area contributed by atoms with Crippen molar-refractivity contribution in [2.75, 3.05) is 6.54 Å². The topological polar surface area (TPSA) is 54.7 Å². The molecule has 0 saturated heterocycles. The second-order valence-electron chi connectivity index (χ2n) is 3.63. The van der Waals surface area contributed by atoms with E-state index < -0.39 is 0 Å². The summed E-state index contributed by atoms with van der Waals surface area (Å²) in [6.07, 6.45) is 4.93. The molecule has 0 amide bonds. The van der Waals surface area contributed by atoms with Gasteiger partial charge in [0.05, 0.1) is 16.2 Å². The monoisotopic (exact) mass is 255 g/mol. The van der Waals surface area contributed by atoms with Crippen molar-refractivity contribution < 1.29 is 0 Å². The maximum absolute atomic E-state index is 5.89. The summed E-state index contributed by atoms with van der Waals surface area (Å²) in [4.78, 5) is 7.64. The van der Waals surface area contributed by atoms with Crippen molar-refractivity contribution in [2.45, 2.75) is 19.3 Å². The quantitative estimate of drug-likeness (QED) is 0.807. The molecule has 0 saturated carbocycles. The van der Waals surface area contributed by atoms with E-state index in [-0.39, 0.29) is 0 Å². The van der Waals surface area contributed by atoms with E-state index in [0.717, 1.165) is 47.2 Å². The predicted molar refractivity (Wildman–Crippen MR) is 68.9 cm³/mol. The van der Waals surface area contributed by atoms with Gasteiger partial charge in [-0.3, -0.25) is 0 Å². The van der Waals surface area contributed by atoms with E-state index in [1.165, 1.54) is 11.3 Å². The third-order valence-corrected chi connectivity index (χ3v) is 3.47. The summed E-state index contributed by atoms with van der Waals surface area (Å²) in [5.74, 6) is 1.02. The fourth-order valence-corrected chi connectivity index (χ4v) is 2.41. The van der Waals surface area contributed by atoms with Crippen LogP contribution < -0.4 is 5.73 Å². The summed E-state index contributed by atoms with van der Waals surface area (Å²) in [5, 5.41) is 2.03. The molecule has 16 heavy (non-hydrogen) atoms. The standard InChI is InChI=1S/C11H14ClN3S/c12-10-5-8(7-16-10)9-6-14-11(15-9)3-1-2-4-13/h5-7H,1-4,13H2,(H,14,15). The first-order valence-electron chi connectivity index (χ1n) is 5.28. The van der Waals surface area contributed by atoms with Crippen LogP contribution in [0.3, 0.4) is 0 Å². The Morgan fingerprint density at radius 3 is 3.00 bits per heavy atom. The van der Waals surface area contributed by atoms with Crippen molar-refractivity contribution in [1.29, 1.82) is 0 Å². The Morgan fingerprint density at radius 1 is 1.44 bits per heavy atom. The highest BCUT2D eigenvalue weighted by molar-refractivity contribution is 7.14. The fourth-order valence-electron chi connectivity index (χ4n) is 1.52. The maximum Gasteiger partial charge on any atom is 0.106 e. The number of hydrogen-bond acceptors (Lipinski definition) is 3. The van der Waals surface area contributed by atoms with Crippen molar-refractivity contribution in [2.24, 2.45) is 5.73 Å². The first kappa shape index (κ1) is 11.6. The summed E-state index contributed by atoms with van der Waals surface area (Å²) in [5.41, 5.74) is 7.59. The summed E-state index contributed by atoms with van der Waals surface area (Å²) in [6.45, 7) is 0.744. The number of aromatic nitrogens is 2. The van der Waals surface area contributed by atoms with Crippen LogP contribution in [0.15, 0.2) is 17.6 Å². The first-order chi connectivity index (χ1) is 7.79. The van der Waals surface area contributed by atoms with Crippen LogP contribution in [-0.2, 0) is 6.42 Å². The molecule has 3 nitrogen and oxygen atoms in total. The lowest BCUT2D eigenvalue weighted by molar-refractivity contribution is 0.723. The second kappa shape index (κ2) is 5.48. The minimum absolute atomic E-state index is 0.744. The van der Waals surface area contributed by atoms with Gasteiger partial charge < -0.3 is 10.7 Å². The van der Waals surface area contributed by atoms with Crippen LogP contribution in [0.1, 0.15) is 18.7 Å². The van der Waals surface area contributed by atoms with Gasteiger partial charge in [0.15, 0.2) is 0 Å². The van der Waals surface area contributed by atoms with E-state index in [1.54, 1.807) is 0 Å². The summed E-state index contributed by atoms with van der Waals surface area (Å²) >= 11 is 7.42. The SMILES string of the molecule is NCCCCc1ncc(-c2csc(Cl)c2)[nH]1. The molecular weight excluding hydrogens is 242 g/mol. The Balaban J connectivity index is 2.02. The number of halogens is 1. The third-order valence-electron chi connectivity index (χ3n) is 2.37. The Bertz CT molecular complexity index is 450. The molecule has 2 aromatic rings. The normalized spacial score (nSPS) is 10.9. The van der Waals surface area contributed by atoms with Gasteiger partial charge in [-0.15, -0.1) is 11.3 Å². The number of aromatic amines is 1. The summed E-state index contributed by atoms with van der Waals surface area (Å²) in [7, 11) is 0. The van der Waals surface area contributed by atoms with Crippen molar-refractivity contribution in [3.63, 3.8) is 0 Å². The Labute approximate surface area is 104 Å². The second-order valence-corrected chi connectivity index (χ2v) is 5.17. The zero-order chi connectivity index (χ0) is 11.4. The molecule has 0 atom stereocenters. The van der Waals surface area contributed by atoms with Crippen molar-refractivity contribution >= 4 is 22.9 Å². The van der Waals surface area contributed by atoms with Crippen LogP contribution in [-0.4, -0.2) is 16.5 Å². The van der Waals surface area contributed by atoms with Crippen LogP contribution in [0.25, 0.3) is 11.3 Å². The average molecular weight is 256 g/mol. The van der Waals surface area contributed by atoms with E-state index in [1.807, 2.05) is 17.6 Å².